The van der Waals surface area contributed by atoms with Gasteiger partial charge in [-0.2, -0.15) is 0 Å². The highest BCUT2D eigenvalue weighted by Crippen LogP contribution is 2.57. The number of amides is 1. The summed E-state index contributed by atoms with van der Waals surface area (Å²) in [4.78, 5) is 68.5. The van der Waals surface area contributed by atoms with Crippen molar-refractivity contribution in [3.05, 3.63) is 82.9 Å². The third-order valence-electron chi connectivity index (χ3n) is 11.0. The van der Waals surface area contributed by atoms with Crippen LogP contribution in [0.1, 0.15) is 90.2 Å². The summed E-state index contributed by atoms with van der Waals surface area (Å²) in [6, 6.07) is 14.6. The molecule has 2 aromatic carbocycles. The van der Waals surface area contributed by atoms with E-state index in [1.165, 1.54) is 39.8 Å². The molecule has 310 valence electrons. The number of benzene rings is 2. The van der Waals surface area contributed by atoms with E-state index >= 15 is 0 Å². The van der Waals surface area contributed by atoms with E-state index in [9.17, 15) is 44.4 Å². The zero-order chi connectivity index (χ0) is 42.2. The van der Waals surface area contributed by atoms with Crippen LogP contribution in [0.3, 0.4) is 0 Å². The van der Waals surface area contributed by atoms with E-state index in [2.05, 4.69) is 5.32 Å². The predicted molar refractivity (Wildman–Crippen MR) is 201 cm³/mol. The lowest BCUT2D eigenvalue weighted by Crippen LogP contribution is -2.76. The van der Waals surface area contributed by atoms with Crippen molar-refractivity contribution in [1.82, 2.24) is 5.32 Å². The molecule has 57 heavy (non-hydrogen) atoms. The Morgan fingerprint density at radius 2 is 1.53 bits per heavy atom. The van der Waals surface area contributed by atoms with E-state index in [1.807, 2.05) is 0 Å². The number of hydrogen-bond acceptors (Lipinski definition) is 14. The Morgan fingerprint density at radius 1 is 0.930 bits per heavy atom. The molecule has 1 heterocycles. The zero-order valence-electron chi connectivity index (χ0n) is 33.4. The minimum atomic E-state index is -2.13. The molecule has 1 saturated heterocycles. The highest BCUT2D eigenvalue weighted by atomic mass is 16.6. The second-order valence-corrected chi connectivity index (χ2v) is 16.8. The van der Waals surface area contributed by atoms with Gasteiger partial charge < -0.3 is 49.4 Å². The van der Waals surface area contributed by atoms with Gasteiger partial charge in [-0.25, -0.2) is 14.4 Å². The molecule has 15 nitrogen and oxygen atoms in total. The number of esters is 3. The average molecular weight is 796 g/mol. The zero-order valence-corrected chi connectivity index (χ0v) is 33.4. The normalized spacial score (nSPS) is 31.3. The lowest BCUT2D eigenvalue weighted by Gasteiger charge is -2.62. The number of carbonyl (C=O) groups is 5. The van der Waals surface area contributed by atoms with Crippen LogP contribution in [0, 0.1) is 11.3 Å². The molecule has 0 bridgehead atoms. The van der Waals surface area contributed by atoms with Crippen LogP contribution in [-0.4, -0.2) is 110 Å². The molecular formula is C42H53NO14. The molecule has 1 saturated carbocycles. The van der Waals surface area contributed by atoms with Gasteiger partial charge in [-0.05, 0) is 77.3 Å². The van der Waals surface area contributed by atoms with Gasteiger partial charge in [0.15, 0.2) is 11.9 Å². The van der Waals surface area contributed by atoms with Crippen molar-refractivity contribution in [3.63, 3.8) is 0 Å². The number of nitrogens with one attached hydrogen (secondary N) is 1. The Labute approximate surface area is 331 Å². The summed E-state index contributed by atoms with van der Waals surface area (Å²) >= 11 is 0. The van der Waals surface area contributed by atoms with Gasteiger partial charge in [-0.1, -0.05) is 48.5 Å². The number of fused-ring (bicyclic) bond motifs is 3. The maximum absolute atomic E-state index is 14.9. The maximum Gasteiger partial charge on any atom is 0.408 e. The number of hydrogen-bond donors (Lipinski definition) is 5. The summed E-state index contributed by atoms with van der Waals surface area (Å²) in [6.45, 7) is 11.2. The number of aliphatic hydroxyl groups excluding tert-OH is 2. The van der Waals surface area contributed by atoms with Crippen LogP contribution in [-0.2, 0) is 38.1 Å². The van der Waals surface area contributed by atoms with Gasteiger partial charge in [0.05, 0.1) is 35.3 Å². The molecule has 5 rings (SSSR count). The van der Waals surface area contributed by atoms with E-state index in [-0.39, 0.29) is 29.7 Å². The van der Waals surface area contributed by atoms with Gasteiger partial charge in [-0.15, -0.1) is 0 Å². The van der Waals surface area contributed by atoms with E-state index in [0.717, 1.165) is 6.92 Å². The standard InChI is InChI=1S/C42H53NO14/c1-22-26(55-37(49)33(46)31(24-15-11-9-12-16-24)43-38(50)57-39(3,4)5)19-27(56-36(48)25-17-13-10-14-18-25)34-41(8,35(47)32(45)30(22)40(6,7)51)28(54-23(2)44)20-29-42(34,52)21-53-29/h9-18,26-29,31-34,45-46,51-52H,19-21H2,1-8H3,(H,43,50)/b30-22-/t26-,27+,28-,29+,31-,32+,33+,34-,41+,42-/m0/s1. The van der Waals surface area contributed by atoms with Crippen molar-refractivity contribution < 1.29 is 68.1 Å². The van der Waals surface area contributed by atoms with Crippen LogP contribution in [0.15, 0.2) is 71.8 Å². The summed E-state index contributed by atoms with van der Waals surface area (Å²) < 4.78 is 29.0. The average Bonchev–Trinajstić information content (AvgIpc) is 3.14. The van der Waals surface area contributed by atoms with Gasteiger partial charge in [0.1, 0.15) is 35.6 Å². The summed E-state index contributed by atoms with van der Waals surface area (Å²) in [5.74, 6) is -5.34. The number of carbonyl (C=O) groups excluding carboxylic acids is 5. The molecular weight excluding hydrogens is 742 g/mol. The Bertz CT molecular complexity index is 1870. The molecule has 0 unspecified atom stereocenters. The third kappa shape index (κ3) is 8.92. The van der Waals surface area contributed by atoms with Crippen LogP contribution < -0.4 is 5.32 Å². The highest BCUT2D eigenvalue weighted by Gasteiger charge is 2.72. The van der Waals surface area contributed by atoms with Crippen molar-refractivity contribution in [3.8, 4) is 0 Å². The van der Waals surface area contributed by atoms with Crippen molar-refractivity contribution in [2.45, 2.75) is 128 Å². The Kier molecular flexibility index (Phi) is 12.4. The van der Waals surface area contributed by atoms with E-state index < -0.39 is 107 Å². The summed E-state index contributed by atoms with van der Waals surface area (Å²) in [5, 5.41) is 50.1. The lowest BCUT2D eigenvalue weighted by atomic mass is 9.52. The van der Waals surface area contributed by atoms with Crippen LogP contribution in [0.25, 0.3) is 0 Å². The molecule has 5 N–H and O–H groups in total. The van der Waals surface area contributed by atoms with Crippen molar-refractivity contribution in [1.29, 1.82) is 0 Å². The minimum absolute atomic E-state index is 0.0271. The van der Waals surface area contributed by atoms with Crippen LogP contribution in [0.4, 0.5) is 4.79 Å². The molecule has 1 amide bonds. The smallest absolute Gasteiger partial charge is 0.408 e. The van der Waals surface area contributed by atoms with Gasteiger partial charge >= 0.3 is 24.0 Å². The molecule has 1 aliphatic heterocycles. The number of ketones is 1. The van der Waals surface area contributed by atoms with E-state index in [0.29, 0.717) is 5.56 Å². The summed E-state index contributed by atoms with van der Waals surface area (Å²) in [6.07, 6.45) is -11.2. The second-order valence-electron chi connectivity index (χ2n) is 16.8. The Hall–Kier alpha value is -4.67. The predicted octanol–water partition coefficient (Wildman–Crippen LogP) is 3.26. The van der Waals surface area contributed by atoms with Gasteiger partial charge in [0.25, 0.3) is 0 Å². The first kappa shape index (κ1) is 43.5. The van der Waals surface area contributed by atoms with Crippen LogP contribution in [0.5, 0.6) is 0 Å². The first-order valence-electron chi connectivity index (χ1n) is 18.8. The number of alkyl carbamates (subject to hydrolysis) is 1. The van der Waals surface area contributed by atoms with Gasteiger partial charge in [0, 0.05) is 25.7 Å². The molecule has 0 radical (unpaired) electrons. The Morgan fingerprint density at radius 3 is 2.05 bits per heavy atom. The Balaban J connectivity index is 1.66. The summed E-state index contributed by atoms with van der Waals surface area (Å²) in [7, 11) is 0. The fourth-order valence-electron chi connectivity index (χ4n) is 8.46. The van der Waals surface area contributed by atoms with Crippen LogP contribution >= 0.6 is 0 Å². The maximum atomic E-state index is 14.9. The van der Waals surface area contributed by atoms with Crippen molar-refractivity contribution in [2.75, 3.05) is 6.61 Å². The van der Waals surface area contributed by atoms with E-state index in [1.54, 1.807) is 69.3 Å². The molecule has 3 aliphatic rings. The minimum Gasteiger partial charge on any atom is -0.461 e. The first-order valence-corrected chi connectivity index (χ1v) is 18.8. The summed E-state index contributed by atoms with van der Waals surface area (Å²) in [5.41, 5.74) is -6.64. The van der Waals surface area contributed by atoms with Crippen molar-refractivity contribution in [2.24, 2.45) is 11.3 Å². The van der Waals surface area contributed by atoms with Crippen LogP contribution in [0.2, 0.25) is 0 Å². The quantitative estimate of drug-likeness (QED) is 0.140. The molecule has 0 spiro atoms. The van der Waals surface area contributed by atoms with Gasteiger partial charge in [0.2, 0.25) is 0 Å². The third-order valence-corrected chi connectivity index (χ3v) is 11.0. The second kappa shape index (κ2) is 16.3. The fraction of sp³-hybridized carbons (Fsp3) is 0.548. The van der Waals surface area contributed by atoms with Gasteiger partial charge in [-0.3, -0.25) is 9.59 Å². The SMILES string of the molecule is CC(=O)O[C@H]1C[C@H]2OC[C@@]2(O)[C@H]2[C@H](OC(=O)c3ccccc3)C[C@H](OC(=O)[C@H](O)[C@@H](NC(=O)OC(C)(C)C)c3ccccc3)/C(C)=C(\C(C)(C)O)[C@@H](O)C(=O)[C@]12C. The molecule has 10 atom stereocenters. The highest BCUT2D eigenvalue weighted by molar-refractivity contribution is 5.94. The van der Waals surface area contributed by atoms with E-state index in [4.69, 9.17) is 23.7 Å². The molecule has 15 heteroatoms. The molecule has 2 aromatic rings. The lowest BCUT2D eigenvalue weighted by molar-refractivity contribution is -0.327. The number of aliphatic hydroxyl groups is 4. The molecule has 2 fully saturated rings. The first-order chi connectivity index (χ1) is 26.5. The largest absolute Gasteiger partial charge is 0.461 e. The fourth-order valence-corrected chi connectivity index (χ4v) is 8.46. The number of ether oxygens (including phenoxy) is 5. The monoisotopic (exact) mass is 795 g/mol. The van der Waals surface area contributed by atoms with Crippen molar-refractivity contribution >= 4 is 29.8 Å². The molecule has 0 aromatic heterocycles. The molecule has 2 aliphatic carbocycles. The number of rotatable bonds is 9. The topological polar surface area (TPSA) is 224 Å². The number of Topliss-reactive ketones (excluding diaryl/α,β-unsaturated/α-hetero) is 1.